The fraction of sp³-hybridized carbons (Fsp3) is 0.609. The maximum Gasteiger partial charge on any atom is 0.417 e. The number of anilines is 1. The van der Waals surface area contributed by atoms with Gasteiger partial charge in [0, 0.05) is 39.2 Å². The number of alkyl halides is 3. The summed E-state index contributed by atoms with van der Waals surface area (Å²) in [6.07, 6.45) is -3.16. The van der Waals surface area contributed by atoms with E-state index in [9.17, 15) is 27.6 Å². The smallest absolute Gasteiger partial charge is 0.417 e. The highest BCUT2D eigenvalue weighted by atomic mass is 19.4. The zero-order valence-electron chi connectivity index (χ0n) is 20.0. The fourth-order valence-electron chi connectivity index (χ4n) is 4.22. The lowest BCUT2D eigenvalue weighted by atomic mass is 9.97. The molecule has 0 unspecified atom stereocenters. The zero-order chi connectivity index (χ0) is 25.8. The van der Waals surface area contributed by atoms with E-state index in [4.69, 9.17) is 9.47 Å². The molecule has 1 aromatic carbocycles. The number of amides is 3. The highest BCUT2D eigenvalue weighted by Gasteiger charge is 2.47. The molecule has 1 saturated heterocycles. The lowest BCUT2D eigenvalue weighted by Crippen LogP contribution is -2.58. The number of carbonyl (C=O) groups excluding carboxylic acids is 3. The van der Waals surface area contributed by atoms with Crippen LogP contribution in [0.3, 0.4) is 0 Å². The summed E-state index contributed by atoms with van der Waals surface area (Å²) in [5.41, 5.74) is -3.33. The minimum Gasteiger partial charge on any atom is -0.473 e. The third-order valence-electron chi connectivity index (χ3n) is 6.00. The summed E-state index contributed by atoms with van der Waals surface area (Å²) < 4.78 is 52.8. The number of halogens is 3. The number of benzene rings is 1. The van der Waals surface area contributed by atoms with Crippen molar-refractivity contribution in [2.45, 2.75) is 50.9 Å². The molecule has 9 nitrogen and oxygen atoms in total. The Balaban J connectivity index is 2.03. The summed E-state index contributed by atoms with van der Waals surface area (Å²) in [4.78, 5) is 39.2. The number of nitrogens with one attached hydrogen (secondary N) is 3. The van der Waals surface area contributed by atoms with Crippen LogP contribution in [0.15, 0.2) is 12.1 Å². The molecule has 3 rings (SSSR count). The molecule has 2 aliphatic rings. The minimum atomic E-state index is -4.84. The Morgan fingerprint density at radius 3 is 2.69 bits per heavy atom. The number of nitrogens with zero attached hydrogens (tertiary/aromatic N) is 1. The number of rotatable bonds is 8. The van der Waals surface area contributed by atoms with Gasteiger partial charge >= 0.3 is 6.18 Å². The minimum absolute atomic E-state index is 0.0224. The predicted molar refractivity (Wildman–Crippen MR) is 121 cm³/mol. The predicted octanol–water partition coefficient (Wildman–Crippen LogP) is 1.84. The van der Waals surface area contributed by atoms with Gasteiger partial charge in [0.1, 0.15) is 5.75 Å². The van der Waals surface area contributed by atoms with Crippen LogP contribution in [-0.4, -0.2) is 69.3 Å². The highest BCUT2D eigenvalue weighted by molar-refractivity contribution is 6.05. The molecule has 35 heavy (non-hydrogen) atoms. The van der Waals surface area contributed by atoms with Gasteiger partial charge in [0.2, 0.25) is 11.5 Å². The van der Waals surface area contributed by atoms with Crippen molar-refractivity contribution in [2.75, 3.05) is 44.8 Å². The van der Waals surface area contributed by atoms with Gasteiger partial charge in [-0.2, -0.15) is 13.2 Å². The SMILES string of the molecule is CCC(=O)NCCN1C(=O)[C@](C)(COC)Oc2cc(C(F)(F)F)c(C(=O)N[C@@H]3CCCNC3)cc21. The van der Waals surface area contributed by atoms with Crippen molar-refractivity contribution in [3.63, 3.8) is 0 Å². The van der Waals surface area contributed by atoms with E-state index >= 15 is 0 Å². The second kappa shape index (κ2) is 10.8. The van der Waals surface area contributed by atoms with E-state index in [1.165, 1.54) is 18.9 Å². The summed E-state index contributed by atoms with van der Waals surface area (Å²) in [6.45, 7) is 4.16. The molecule has 0 aliphatic carbocycles. The molecule has 3 amide bonds. The van der Waals surface area contributed by atoms with Crippen molar-refractivity contribution in [3.05, 3.63) is 23.3 Å². The molecule has 2 aliphatic heterocycles. The van der Waals surface area contributed by atoms with Gasteiger partial charge in [0.05, 0.1) is 23.4 Å². The Morgan fingerprint density at radius 1 is 1.34 bits per heavy atom. The molecule has 2 atom stereocenters. The molecule has 1 aromatic rings. The number of methoxy groups -OCH3 is 1. The quantitative estimate of drug-likeness (QED) is 0.503. The molecule has 3 N–H and O–H groups in total. The molecule has 0 spiro atoms. The molecule has 194 valence electrons. The van der Waals surface area contributed by atoms with Gasteiger partial charge in [-0.1, -0.05) is 6.92 Å². The van der Waals surface area contributed by atoms with Crippen molar-refractivity contribution in [1.82, 2.24) is 16.0 Å². The van der Waals surface area contributed by atoms with Crippen LogP contribution in [0.1, 0.15) is 49.0 Å². The Kier molecular flexibility index (Phi) is 8.26. The van der Waals surface area contributed by atoms with Gasteiger partial charge in [-0.25, -0.2) is 0 Å². The van der Waals surface area contributed by atoms with Crippen LogP contribution < -0.4 is 25.6 Å². The first-order valence-electron chi connectivity index (χ1n) is 11.5. The van der Waals surface area contributed by atoms with Gasteiger partial charge in [0.15, 0.2) is 0 Å². The highest BCUT2D eigenvalue weighted by Crippen LogP contribution is 2.44. The summed E-state index contributed by atoms with van der Waals surface area (Å²) >= 11 is 0. The maximum atomic E-state index is 14.0. The maximum absolute atomic E-state index is 14.0. The van der Waals surface area contributed by atoms with E-state index in [-0.39, 0.29) is 49.5 Å². The van der Waals surface area contributed by atoms with Crippen molar-refractivity contribution in [1.29, 1.82) is 0 Å². The summed E-state index contributed by atoms with van der Waals surface area (Å²) in [7, 11) is 1.35. The molecule has 2 heterocycles. The second-order valence-corrected chi connectivity index (χ2v) is 8.81. The first-order chi connectivity index (χ1) is 16.5. The van der Waals surface area contributed by atoms with Crippen molar-refractivity contribution >= 4 is 23.4 Å². The topological polar surface area (TPSA) is 109 Å². The van der Waals surface area contributed by atoms with Crippen LogP contribution >= 0.6 is 0 Å². The average Bonchev–Trinajstić information content (AvgIpc) is 2.81. The number of carbonyl (C=O) groups is 3. The number of piperidine rings is 1. The van der Waals surface area contributed by atoms with Crippen LogP contribution in [-0.2, 0) is 20.5 Å². The van der Waals surface area contributed by atoms with E-state index in [1.54, 1.807) is 6.92 Å². The van der Waals surface area contributed by atoms with Crippen LogP contribution in [0.4, 0.5) is 18.9 Å². The lowest BCUT2D eigenvalue weighted by molar-refractivity contribution is -0.140. The van der Waals surface area contributed by atoms with E-state index in [0.29, 0.717) is 13.0 Å². The van der Waals surface area contributed by atoms with Gasteiger partial charge in [-0.05, 0) is 38.4 Å². The van der Waals surface area contributed by atoms with Crippen LogP contribution in [0, 0.1) is 0 Å². The molecular formula is C23H31F3N4O5. The third-order valence-corrected chi connectivity index (χ3v) is 6.00. The van der Waals surface area contributed by atoms with Crippen molar-refractivity contribution < 1.29 is 37.0 Å². The number of ether oxygens (including phenoxy) is 2. The summed E-state index contributed by atoms with van der Waals surface area (Å²) in [6, 6.07) is 1.48. The van der Waals surface area contributed by atoms with Gasteiger partial charge in [-0.15, -0.1) is 0 Å². The second-order valence-electron chi connectivity index (χ2n) is 8.81. The summed E-state index contributed by atoms with van der Waals surface area (Å²) in [5, 5.41) is 8.41. The first-order valence-corrected chi connectivity index (χ1v) is 11.5. The Labute approximate surface area is 201 Å². The molecule has 1 fully saturated rings. The monoisotopic (exact) mass is 500 g/mol. The lowest BCUT2D eigenvalue weighted by Gasteiger charge is -2.41. The van der Waals surface area contributed by atoms with Gasteiger partial charge in [-0.3, -0.25) is 14.4 Å². The standard InChI is InChI=1S/C23H31F3N4O5/c1-4-19(31)28-8-9-30-17-10-15(20(32)29-14-6-5-7-27-12-14)16(23(24,25)26)11-18(17)35-22(2,13-34-3)21(30)33/h10-11,14,27H,4-9,12-13H2,1-3H3,(H,28,31)(H,29,32)/t14-,22+/m1/s1. The van der Waals surface area contributed by atoms with Crippen LogP contribution in [0.25, 0.3) is 0 Å². The van der Waals surface area contributed by atoms with E-state index in [2.05, 4.69) is 16.0 Å². The molecule has 12 heteroatoms. The van der Waals surface area contributed by atoms with Crippen molar-refractivity contribution in [2.24, 2.45) is 0 Å². The largest absolute Gasteiger partial charge is 0.473 e. The summed E-state index contributed by atoms with van der Waals surface area (Å²) in [5.74, 6) is -1.88. The fourth-order valence-corrected chi connectivity index (χ4v) is 4.22. The van der Waals surface area contributed by atoms with Gasteiger partial charge < -0.3 is 30.3 Å². The molecule has 0 saturated carbocycles. The van der Waals surface area contributed by atoms with E-state index in [0.717, 1.165) is 25.1 Å². The molecular weight excluding hydrogens is 469 g/mol. The Morgan fingerprint density at radius 2 is 2.09 bits per heavy atom. The molecule has 0 radical (unpaired) electrons. The van der Waals surface area contributed by atoms with E-state index in [1.807, 2.05) is 0 Å². The molecule has 0 aromatic heterocycles. The van der Waals surface area contributed by atoms with Gasteiger partial charge in [0.25, 0.3) is 11.8 Å². The zero-order valence-corrected chi connectivity index (χ0v) is 20.0. The first kappa shape index (κ1) is 26.7. The normalized spacial score (nSPS) is 22.3. The number of fused-ring (bicyclic) bond motifs is 1. The third kappa shape index (κ3) is 6.04. The Bertz CT molecular complexity index is 965. The van der Waals surface area contributed by atoms with Crippen LogP contribution in [0.2, 0.25) is 0 Å². The average molecular weight is 501 g/mol. The number of hydrogen-bond acceptors (Lipinski definition) is 6. The Hall–Kier alpha value is -2.86. The van der Waals surface area contributed by atoms with E-state index < -0.39 is 34.7 Å². The van der Waals surface area contributed by atoms with Crippen molar-refractivity contribution in [3.8, 4) is 5.75 Å². The molecule has 0 bridgehead atoms. The van der Waals surface area contributed by atoms with Crippen LogP contribution in [0.5, 0.6) is 5.75 Å². The number of hydrogen-bond donors (Lipinski definition) is 3.